The lowest BCUT2D eigenvalue weighted by atomic mass is 9.94. The molecule has 188 valence electrons. The number of likely N-dealkylation sites (tertiary alicyclic amines) is 1. The summed E-state index contributed by atoms with van der Waals surface area (Å²) >= 11 is 0. The van der Waals surface area contributed by atoms with Gasteiger partial charge in [0.25, 0.3) is 5.89 Å². The van der Waals surface area contributed by atoms with E-state index in [1.165, 1.54) is 4.90 Å². The van der Waals surface area contributed by atoms with E-state index in [4.69, 9.17) is 9.63 Å². The van der Waals surface area contributed by atoms with Crippen LogP contribution in [0.2, 0.25) is 0 Å². The molecule has 0 amide bonds. The van der Waals surface area contributed by atoms with Gasteiger partial charge in [0.05, 0.1) is 5.92 Å². The summed E-state index contributed by atoms with van der Waals surface area (Å²) in [7, 11) is 0. The predicted molar refractivity (Wildman–Crippen MR) is 121 cm³/mol. The summed E-state index contributed by atoms with van der Waals surface area (Å²) in [5, 5.41) is 17.5. The fourth-order valence-corrected chi connectivity index (χ4v) is 4.25. The maximum atomic E-state index is 13.6. The number of aromatic nitrogens is 4. The van der Waals surface area contributed by atoms with Gasteiger partial charge in [-0.1, -0.05) is 43.3 Å². The number of halogens is 3. The van der Waals surface area contributed by atoms with Gasteiger partial charge in [-0.05, 0) is 37.3 Å². The average Bonchev–Trinajstić information content (AvgIpc) is 3.38. The van der Waals surface area contributed by atoms with Gasteiger partial charge < -0.3 is 9.63 Å². The SMILES string of the molecule is CCn1nc(-c2nc(-c3ccc(CC(N4CC(C(=O)O)C4)C(F)(F)F)cc3)no2)cc1CC(C)C. The van der Waals surface area contributed by atoms with E-state index in [-0.39, 0.29) is 25.4 Å². The molecule has 1 aromatic carbocycles. The molecule has 11 heteroatoms. The van der Waals surface area contributed by atoms with Gasteiger partial charge in [-0.25, -0.2) is 0 Å². The van der Waals surface area contributed by atoms with Gasteiger partial charge in [0.1, 0.15) is 6.04 Å². The maximum absolute atomic E-state index is 13.6. The van der Waals surface area contributed by atoms with Gasteiger partial charge >= 0.3 is 12.1 Å². The fourth-order valence-electron chi connectivity index (χ4n) is 4.25. The summed E-state index contributed by atoms with van der Waals surface area (Å²) in [6.07, 6.45) is -3.85. The van der Waals surface area contributed by atoms with Crippen molar-refractivity contribution in [2.24, 2.45) is 11.8 Å². The van der Waals surface area contributed by atoms with E-state index in [9.17, 15) is 18.0 Å². The minimum Gasteiger partial charge on any atom is -0.481 e. The largest absolute Gasteiger partial charge is 0.481 e. The Labute approximate surface area is 200 Å². The zero-order chi connectivity index (χ0) is 25.3. The first-order valence-electron chi connectivity index (χ1n) is 11.6. The van der Waals surface area contributed by atoms with Gasteiger partial charge in [0.2, 0.25) is 5.82 Å². The second-order valence-corrected chi connectivity index (χ2v) is 9.31. The van der Waals surface area contributed by atoms with Gasteiger partial charge in [-0.2, -0.15) is 23.3 Å². The standard InChI is InChI=1S/C24H28F3N5O3/c1-4-32-18(9-14(2)3)11-19(29-32)22-28-21(30-35-22)16-7-5-15(6-8-16)10-20(24(25,26)27)31-12-17(13-31)23(33)34/h5-8,11,14,17,20H,4,9-10,12-13H2,1-3H3,(H,33,34). The van der Waals surface area contributed by atoms with Crippen LogP contribution >= 0.6 is 0 Å². The second-order valence-electron chi connectivity index (χ2n) is 9.31. The first kappa shape index (κ1) is 24.9. The Kier molecular flexibility index (Phi) is 6.98. The van der Waals surface area contributed by atoms with Gasteiger partial charge in [-0.15, -0.1) is 0 Å². The van der Waals surface area contributed by atoms with E-state index in [1.54, 1.807) is 24.3 Å². The van der Waals surface area contributed by atoms with Crippen LogP contribution in [0.3, 0.4) is 0 Å². The molecule has 1 unspecified atom stereocenters. The van der Waals surface area contributed by atoms with Crippen molar-refractivity contribution in [1.82, 2.24) is 24.8 Å². The lowest BCUT2D eigenvalue weighted by Crippen LogP contribution is -2.59. The molecule has 0 bridgehead atoms. The summed E-state index contributed by atoms with van der Waals surface area (Å²) in [5.74, 6) is -0.742. The average molecular weight is 492 g/mol. The molecule has 1 aliphatic rings. The van der Waals surface area contributed by atoms with Gasteiger partial charge in [0.15, 0.2) is 5.69 Å². The van der Waals surface area contributed by atoms with Crippen molar-refractivity contribution in [3.8, 4) is 23.0 Å². The molecule has 4 rings (SSSR count). The normalized spacial score (nSPS) is 16.0. The minimum atomic E-state index is -4.46. The fraction of sp³-hybridized carbons (Fsp3) is 0.500. The third-order valence-electron chi connectivity index (χ3n) is 6.14. The van der Waals surface area contributed by atoms with Crippen LogP contribution in [0.1, 0.15) is 32.0 Å². The Bertz CT molecular complexity index is 1160. The monoisotopic (exact) mass is 491 g/mol. The first-order valence-corrected chi connectivity index (χ1v) is 11.6. The molecule has 0 aliphatic carbocycles. The Morgan fingerprint density at radius 3 is 2.46 bits per heavy atom. The van der Waals surface area contributed by atoms with Crippen molar-refractivity contribution in [1.29, 1.82) is 0 Å². The summed E-state index contributed by atoms with van der Waals surface area (Å²) in [6.45, 7) is 6.80. The summed E-state index contributed by atoms with van der Waals surface area (Å²) < 4.78 is 48.1. The summed E-state index contributed by atoms with van der Waals surface area (Å²) in [4.78, 5) is 16.6. The molecule has 1 N–H and O–H groups in total. The lowest BCUT2D eigenvalue weighted by molar-refractivity contribution is -0.202. The molecular formula is C24H28F3N5O3. The molecule has 3 aromatic rings. The molecule has 2 aromatic heterocycles. The van der Waals surface area contributed by atoms with Gasteiger partial charge in [0, 0.05) is 30.9 Å². The van der Waals surface area contributed by atoms with Crippen LogP contribution in [0.5, 0.6) is 0 Å². The third-order valence-corrected chi connectivity index (χ3v) is 6.14. The van der Waals surface area contributed by atoms with E-state index in [0.29, 0.717) is 28.6 Å². The zero-order valence-electron chi connectivity index (χ0n) is 19.8. The van der Waals surface area contributed by atoms with E-state index >= 15 is 0 Å². The maximum Gasteiger partial charge on any atom is 0.404 e. The molecule has 1 atom stereocenters. The van der Waals surface area contributed by atoms with Crippen molar-refractivity contribution >= 4 is 5.97 Å². The van der Waals surface area contributed by atoms with Crippen LogP contribution in [-0.2, 0) is 24.2 Å². The van der Waals surface area contributed by atoms with Crippen molar-refractivity contribution in [2.75, 3.05) is 13.1 Å². The van der Waals surface area contributed by atoms with Crippen molar-refractivity contribution in [3.05, 3.63) is 41.6 Å². The number of carboxylic acids is 1. The highest BCUT2D eigenvalue weighted by atomic mass is 19.4. The second kappa shape index (κ2) is 9.80. The molecule has 0 saturated carbocycles. The molecule has 1 aliphatic heterocycles. The van der Waals surface area contributed by atoms with Gasteiger partial charge in [-0.3, -0.25) is 14.4 Å². The van der Waals surface area contributed by atoms with Crippen LogP contribution in [-0.4, -0.2) is 61.2 Å². The number of aliphatic carboxylic acids is 1. The zero-order valence-corrected chi connectivity index (χ0v) is 19.8. The highest BCUT2D eigenvalue weighted by molar-refractivity contribution is 5.71. The number of nitrogens with zero attached hydrogens (tertiary/aromatic N) is 5. The topological polar surface area (TPSA) is 97.3 Å². The summed E-state index contributed by atoms with van der Waals surface area (Å²) in [6, 6.07) is 6.72. The third kappa shape index (κ3) is 5.55. The predicted octanol–water partition coefficient (Wildman–Crippen LogP) is 4.31. The Hall–Kier alpha value is -3.21. The Balaban J connectivity index is 1.47. The van der Waals surface area contributed by atoms with Crippen molar-refractivity contribution in [2.45, 2.75) is 52.4 Å². The number of alkyl halides is 3. The number of rotatable bonds is 9. The van der Waals surface area contributed by atoms with Crippen LogP contribution in [0.4, 0.5) is 13.2 Å². The lowest BCUT2D eigenvalue weighted by Gasteiger charge is -2.43. The molecule has 0 radical (unpaired) electrons. The molecule has 0 spiro atoms. The highest BCUT2D eigenvalue weighted by Gasteiger charge is 2.48. The molecule has 1 saturated heterocycles. The van der Waals surface area contributed by atoms with Crippen molar-refractivity contribution < 1.29 is 27.6 Å². The molecule has 35 heavy (non-hydrogen) atoms. The van der Waals surface area contributed by atoms with Crippen molar-refractivity contribution in [3.63, 3.8) is 0 Å². The van der Waals surface area contributed by atoms with E-state index in [2.05, 4.69) is 29.1 Å². The Morgan fingerprint density at radius 2 is 1.89 bits per heavy atom. The molecule has 8 nitrogen and oxygen atoms in total. The van der Waals surface area contributed by atoms with Crippen LogP contribution in [0, 0.1) is 11.8 Å². The van der Waals surface area contributed by atoms with Crippen LogP contribution in [0.25, 0.3) is 23.0 Å². The summed E-state index contributed by atoms with van der Waals surface area (Å²) in [5.41, 5.74) is 2.76. The molecule has 3 heterocycles. The molecule has 1 fully saturated rings. The van der Waals surface area contributed by atoms with Crippen LogP contribution < -0.4 is 0 Å². The smallest absolute Gasteiger partial charge is 0.404 e. The number of aryl methyl sites for hydroxylation is 1. The Morgan fingerprint density at radius 1 is 1.20 bits per heavy atom. The number of hydrogen-bond donors (Lipinski definition) is 1. The molecular weight excluding hydrogens is 463 g/mol. The number of benzene rings is 1. The van der Waals surface area contributed by atoms with E-state index < -0.39 is 24.1 Å². The number of carboxylic acid groups (broad SMARTS) is 1. The number of hydrogen-bond acceptors (Lipinski definition) is 6. The minimum absolute atomic E-state index is 0.101. The van der Waals surface area contributed by atoms with E-state index in [0.717, 1.165) is 18.7 Å². The van der Waals surface area contributed by atoms with E-state index in [1.807, 2.05) is 17.7 Å². The quantitative estimate of drug-likeness (QED) is 0.476. The number of carbonyl (C=O) groups is 1. The van der Waals surface area contributed by atoms with Crippen LogP contribution in [0.15, 0.2) is 34.9 Å². The highest BCUT2D eigenvalue weighted by Crippen LogP contribution is 2.33. The first-order chi connectivity index (χ1) is 16.5.